The number of carbonyl (C=O) groups excluding carboxylic acids is 1. The number of nitro benzene ring substituents is 1. The number of nitrogens with one attached hydrogen (secondary N) is 1. The SMILES string of the molecule is Cc1c(N(CC(=O)NC(C)c2ccc3c(c2)OCCO3)S(C)(=O)=O)cccc1[N+](=O)[O-]. The Kier molecular flexibility index (Phi) is 6.34. The summed E-state index contributed by atoms with van der Waals surface area (Å²) in [5.41, 5.74) is 0.774. The molecular weight excluding hydrogens is 426 g/mol. The molecule has 1 unspecified atom stereocenters. The summed E-state index contributed by atoms with van der Waals surface area (Å²) >= 11 is 0. The number of rotatable bonds is 7. The molecule has 0 fully saturated rings. The van der Waals surface area contributed by atoms with Crippen LogP contribution in [0.4, 0.5) is 11.4 Å². The highest BCUT2D eigenvalue weighted by Crippen LogP contribution is 2.33. The van der Waals surface area contributed by atoms with Crippen LogP contribution in [0.2, 0.25) is 0 Å². The monoisotopic (exact) mass is 449 g/mol. The normalized spacial score (nSPS) is 13.9. The van der Waals surface area contributed by atoms with Crippen LogP contribution in [0.15, 0.2) is 36.4 Å². The fraction of sp³-hybridized carbons (Fsp3) is 0.350. The van der Waals surface area contributed by atoms with Crippen LogP contribution in [0.25, 0.3) is 0 Å². The molecule has 2 aromatic rings. The number of fused-ring (bicyclic) bond motifs is 1. The predicted octanol–water partition coefficient (Wildman–Crippen LogP) is 2.32. The minimum atomic E-state index is -3.88. The number of benzene rings is 2. The first-order chi connectivity index (χ1) is 14.6. The molecule has 0 saturated heterocycles. The molecule has 0 saturated carbocycles. The molecule has 31 heavy (non-hydrogen) atoms. The second kappa shape index (κ2) is 8.80. The van der Waals surface area contributed by atoms with Gasteiger partial charge in [-0.15, -0.1) is 0 Å². The Labute approximate surface area is 180 Å². The van der Waals surface area contributed by atoms with Crippen molar-refractivity contribution in [3.05, 3.63) is 57.6 Å². The summed E-state index contributed by atoms with van der Waals surface area (Å²) in [5.74, 6) is 0.645. The third kappa shape index (κ3) is 5.05. The number of carbonyl (C=O) groups is 1. The van der Waals surface area contributed by atoms with E-state index >= 15 is 0 Å². The molecule has 0 aliphatic carbocycles. The lowest BCUT2D eigenvalue weighted by Crippen LogP contribution is -2.41. The molecule has 10 nitrogen and oxygen atoms in total. The zero-order valence-corrected chi connectivity index (χ0v) is 18.1. The predicted molar refractivity (Wildman–Crippen MR) is 114 cm³/mol. The van der Waals surface area contributed by atoms with E-state index in [2.05, 4.69) is 5.32 Å². The van der Waals surface area contributed by atoms with Crippen LogP contribution in [0, 0.1) is 17.0 Å². The molecule has 1 atom stereocenters. The van der Waals surface area contributed by atoms with Gasteiger partial charge in [0, 0.05) is 6.07 Å². The van der Waals surface area contributed by atoms with Crippen LogP contribution < -0.4 is 19.1 Å². The van der Waals surface area contributed by atoms with E-state index in [4.69, 9.17) is 9.47 Å². The van der Waals surface area contributed by atoms with Crippen molar-refractivity contribution in [2.75, 3.05) is 30.3 Å². The Bertz CT molecular complexity index is 1120. The highest BCUT2D eigenvalue weighted by Gasteiger charge is 2.26. The molecule has 1 heterocycles. The summed E-state index contributed by atoms with van der Waals surface area (Å²) < 4.78 is 36.6. The quantitative estimate of drug-likeness (QED) is 0.507. The Morgan fingerprint density at radius 3 is 2.55 bits per heavy atom. The summed E-state index contributed by atoms with van der Waals surface area (Å²) in [7, 11) is -3.88. The number of sulfonamides is 1. The topological polar surface area (TPSA) is 128 Å². The largest absolute Gasteiger partial charge is 0.486 e. The van der Waals surface area contributed by atoms with Gasteiger partial charge in [-0.1, -0.05) is 12.1 Å². The molecule has 0 bridgehead atoms. The van der Waals surface area contributed by atoms with Gasteiger partial charge < -0.3 is 14.8 Å². The summed E-state index contributed by atoms with van der Waals surface area (Å²) in [6, 6.07) is 8.96. The van der Waals surface area contributed by atoms with E-state index < -0.39 is 33.4 Å². The Morgan fingerprint density at radius 1 is 1.23 bits per heavy atom. The van der Waals surface area contributed by atoms with E-state index in [0.29, 0.717) is 24.7 Å². The van der Waals surface area contributed by atoms with Crippen molar-refractivity contribution in [1.82, 2.24) is 5.32 Å². The van der Waals surface area contributed by atoms with Crippen LogP contribution >= 0.6 is 0 Å². The van der Waals surface area contributed by atoms with E-state index in [1.807, 2.05) is 0 Å². The van der Waals surface area contributed by atoms with Crippen molar-refractivity contribution in [3.63, 3.8) is 0 Å². The van der Waals surface area contributed by atoms with Gasteiger partial charge in [0.15, 0.2) is 11.5 Å². The number of amides is 1. The number of nitrogens with zero attached hydrogens (tertiary/aromatic N) is 2. The van der Waals surface area contributed by atoms with Crippen molar-refractivity contribution in [1.29, 1.82) is 0 Å². The molecule has 2 aromatic carbocycles. The number of nitro groups is 1. The second-order valence-corrected chi connectivity index (χ2v) is 9.05. The Hall–Kier alpha value is -3.34. The number of hydrogen-bond donors (Lipinski definition) is 1. The van der Waals surface area contributed by atoms with Crippen molar-refractivity contribution < 1.29 is 27.6 Å². The molecule has 1 amide bonds. The number of hydrogen-bond acceptors (Lipinski definition) is 7. The Balaban J connectivity index is 1.79. The van der Waals surface area contributed by atoms with Gasteiger partial charge in [0.2, 0.25) is 15.9 Å². The maximum absolute atomic E-state index is 12.7. The number of ether oxygens (including phenoxy) is 2. The molecule has 0 radical (unpaired) electrons. The van der Waals surface area contributed by atoms with Crippen LogP contribution in [0.3, 0.4) is 0 Å². The standard InChI is InChI=1S/C20H23N3O7S/c1-13-16(5-4-6-17(13)23(25)26)22(31(3,27)28)12-20(24)21-14(2)15-7-8-18-19(11-15)30-10-9-29-18/h4-8,11,14H,9-10,12H2,1-3H3,(H,21,24). The molecule has 166 valence electrons. The van der Waals surface area contributed by atoms with Gasteiger partial charge in [-0.2, -0.15) is 0 Å². The van der Waals surface area contributed by atoms with Crippen molar-refractivity contribution >= 4 is 27.3 Å². The molecule has 1 N–H and O–H groups in total. The van der Waals surface area contributed by atoms with Crippen molar-refractivity contribution in [2.24, 2.45) is 0 Å². The third-order valence-corrected chi connectivity index (χ3v) is 6.00. The maximum Gasteiger partial charge on any atom is 0.274 e. The van der Waals surface area contributed by atoms with E-state index in [0.717, 1.165) is 16.1 Å². The van der Waals surface area contributed by atoms with Gasteiger partial charge in [0.25, 0.3) is 5.69 Å². The zero-order chi connectivity index (χ0) is 22.8. The average Bonchev–Trinajstić information content (AvgIpc) is 2.71. The lowest BCUT2D eigenvalue weighted by molar-refractivity contribution is -0.385. The maximum atomic E-state index is 12.7. The van der Waals surface area contributed by atoms with E-state index in [9.17, 15) is 23.3 Å². The number of anilines is 1. The molecule has 0 aromatic heterocycles. The first kappa shape index (κ1) is 22.3. The molecule has 3 rings (SSSR count). The minimum absolute atomic E-state index is 0.0823. The van der Waals surface area contributed by atoms with Crippen LogP contribution in [0.5, 0.6) is 11.5 Å². The van der Waals surface area contributed by atoms with Gasteiger partial charge in [-0.05, 0) is 37.6 Å². The third-order valence-electron chi connectivity index (χ3n) is 4.87. The minimum Gasteiger partial charge on any atom is -0.486 e. The van der Waals surface area contributed by atoms with Gasteiger partial charge >= 0.3 is 0 Å². The van der Waals surface area contributed by atoms with Crippen LogP contribution in [-0.2, 0) is 14.8 Å². The molecule has 1 aliphatic heterocycles. The van der Waals surface area contributed by atoms with E-state index in [1.54, 1.807) is 25.1 Å². The van der Waals surface area contributed by atoms with Gasteiger partial charge in [-0.25, -0.2) is 8.42 Å². The van der Waals surface area contributed by atoms with Crippen molar-refractivity contribution in [2.45, 2.75) is 19.9 Å². The van der Waals surface area contributed by atoms with Crippen molar-refractivity contribution in [3.8, 4) is 11.5 Å². The second-order valence-electron chi connectivity index (χ2n) is 7.14. The Morgan fingerprint density at radius 2 is 1.90 bits per heavy atom. The molecule has 11 heteroatoms. The van der Waals surface area contributed by atoms with Crippen LogP contribution in [0.1, 0.15) is 24.1 Å². The summed E-state index contributed by atoms with van der Waals surface area (Å²) in [5, 5.41) is 14.0. The zero-order valence-electron chi connectivity index (χ0n) is 17.3. The average molecular weight is 449 g/mol. The van der Waals surface area contributed by atoms with Crippen LogP contribution in [-0.4, -0.2) is 45.3 Å². The highest BCUT2D eigenvalue weighted by atomic mass is 32.2. The summed E-state index contributed by atoms with van der Waals surface area (Å²) in [6.45, 7) is 3.59. The molecular formula is C20H23N3O7S. The first-order valence-electron chi connectivity index (χ1n) is 9.48. The first-order valence-corrected chi connectivity index (χ1v) is 11.3. The molecule has 0 spiro atoms. The summed E-state index contributed by atoms with van der Waals surface area (Å²) in [6.07, 6.45) is 0.947. The van der Waals surface area contributed by atoms with Gasteiger partial charge in [0.1, 0.15) is 19.8 Å². The fourth-order valence-corrected chi connectivity index (χ4v) is 4.20. The summed E-state index contributed by atoms with van der Waals surface area (Å²) in [4.78, 5) is 23.3. The fourth-order valence-electron chi connectivity index (χ4n) is 3.29. The van der Waals surface area contributed by atoms with Gasteiger partial charge in [-0.3, -0.25) is 19.2 Å². The van der Waals surface area contributed by atoms with E-state index in [1.165, 1.54) is 25.1 Å². The highest BCUT2D eigenvalue weighted by molar-refractivity contribution is 7.92. The molecule has 1 aliphatic rings. The lowest BCUT2D eigenvalue weighted by atomic mass is 10.1. The van der Waals surface area contributed by atoms with E-state index in [-0.39, 0.29) is 16.9 Å². The van der Waals surface area contributed by atoms with Gasteiger partial charge in [0.05, 0.1) is 28.5 Å². The smallest absolute Gasteiger partial charge is 0.274 e. The lowest BCUT2D eigenvalue weighted by Gasteiger charge is -2.25.